The summed E-state index contributed by atoms with van der Waals surface area (Å²) >= 11 is 3.18. The first-order valence-electron chi connectivity index (χ1n) is 7.55. The lowest BCUT2D eigenvalue weighted by Gasteiger charge is -2.00. The van der Waals surface area contributed by atoms with Crippen LogP contribution in [0.5, 0.6) is 0 Å². The first-order chi connectivity index (χ1) is 11.3. The van der Waals surface area contributed by atoms with Crippen LogP contribution in [0.25, 0.3) is 10.2 Å². The predicted octanol–water partition coefficient (Wildman–Crippen LogP) is 4.08. The molecule has 118 valence electrons. The lowest BCUT2D eigenvalue weighted by molar-refractivity contribution is -0.115. The number of para-hydroxylation sites is 1. The van der Waals surface area contributed by atoms with Gasteiger partial charge in [-0.25, -0.2) is 0 Å². The summed E-state index contributed by atoms with van der Waals surface area (Å²) in [5.74, 6) is 1.18. The van der Waals surface area contributed by atoms with Gasteiger partial charge in [0, 0.05) is 12.3 Å². The van der Waals surface area contributed by atoms with E-state index in [9.17, 15) is 4.79 Å². The van der Waals surface area contributed by atoms with E-state index in [4.69, 9.17) is 0 Å². The molecule has 1 heterocycles. The van der Waals surface area contributed by atoms with E-state index in [1.807, 2.05) is 30.3 Å². The summed E-state index contributed by atoms with van der Waals surface area (Å²) in [5, 5.41) is 0. The Labute approximate surface area is 143 Å². The van der Waals surface area contributed by atoms with Crippen LogP contribution in [-0.2, 0) is 17.1 Å². The predicted molar refractivity (Wildman–Crippen MR) is 98.7 cm³/mol. The molecule has 1 amide bonds. The summed E-state index contributed by atoms with van der Waals surface area (Å²) in [7, 11) is 0. The molecule has 0 fully saturated rings. The molecule has 0 atom stereocenters. The number of carbonyl (C=O) groups excluding carboxylic acids is 1. The maximum absolute atomic E-state index is 12.2. The van der Waals surface area contributed by atoms with Gasteiger partial charge in [-0.15, -0.1) is 11.8 Å². The zero-order valence-electron chi connectivity index (χ0n) is 12.9. The van der Waals surface area contributed by atoms with E-state index in [-0.39, 0.29) is 5.91 Å². The highest BCUT2D eigenvalue weighted by molar-refractivity contribution is 7.99. The van der Waals surface area contributed by atoms with Crippen molar-refractivity contribution in [1.82, 2.24) is 4.57 Å². The minimum Gasteiger partial charge on any atom is -0.317 e. The van der Waals surface area contributed by atoms with Gasteiger partial charge in [-0.1, -0.05) is 53.8 Å². The van der Waals surface area contributed by atoms with Gasteiger partial charge in [0.05, 0.1) is 16.0 Å². The number of thiazole rings is 1. The Morgan fingerprint density at radius 2 is 1.87 bits per heavy atom. The highest BCUT2D eigenvalue weighted by atomic mass is 32.2. The molecule has 0 saturated heterocycles. The van der Waals surface area contributed by atoms with Crippen LogP contribution in [0.15, 0.2) is 59.6 Å². The normalized spacial score (nSPS) is 12.0. The fourth-order valence-corrected chi connectivity index (χ4v) is 4.26. The van der Waals surface area contributed by atoms with Gasteiger partial charge in [0.1, 0.15) is 0 Å². The number of aryl methyl sites for hydroxylation is 1. The largest absolute Gasteiger partial charge is 0.317 e. The molecular weight excluding hydrogens is 324 g/mol. The Bertz CT molecular complexity index is 865. The summed E-state index contributed by atoms with van der Waals surface area (Å²) in [5.41, 5.74) is 2.37. The highest BCUT2D eigenvalue weighted by Crippen LogP contribution is 2.16. The highest BCUT2D eigenvalue weighted by Gasteiger charge is 2.06. The quantitative estimate of drug-likeness (QED) is 0.700. The molecule has 0 aliphatic rings. The molecule has 3 aromatic rings. The molecule has 0 aliphatic carbocycles. The van der Waals surface area contributed by atoms with Crippen molar-refractivity contribution in [3.63, 3.8) is 0 Å². The van der Waals surface area contributed by atoms with Crippen LogP contribution in [0.3, 0.4) is 0 Å². The van der Waals surface area contributed by atoms with Crippen LogP contribution in [0, 0.1) is 0 Å². The van der Waals surface area contributed by atoms with Crippen LogP contribution in [-0.4, -0.2) is 16.2 Å². The number of carbonyl (C=O) groups is 1. The summed E-state index contributed by atoms with van der Waals surface area (Å²) in [6.07, 6.45) is 0. The van der Waals surface area contributed by atoms with Gasteiger partial charge in [0.25, 0.3) is 5.91 Å². The van der Waals surface area contributed by atoms with Crippen molar-refractivity contribution in [2.75, 3.05) is 5.75 Å². The summed E-state index contributed by atoms with van der Waals surface area (Å²) < 4.78 is 3.26. The Morgan fingerprint density at radius 1 is 1.13 bits per heavy atom. The standard InChI is InChI=1S/C18H18N2OS2/c1-2-20-15-10-6-7-11-16(15)23-18(20)19-17(21)13-22-12-14-8-4-3-5-9-14/h3-11H,2,12-13H2,1H3. The maximum atomic E-state index is 12.2. The smallest absolute Gasteiger partial charge is 0.258 e. The summed E-state index contributed by atoms with van der Waals surface area (Å²) in [6.45, 7) is 2.89. The molecule has 3 nitrogen and oxygen atoms in total. The van der Waals surface area contributed by atoms with E-state index in [0.29, 0.717) is 5.75 Å². The Balaban J connectivity index is 1.72. The second-order valence-corrected chi connectivity index (χ2v) is 7.08. The molecule has 0 N–H and O–H groups in total. The van der Waals surface area contributed by atoms with Crippen molar-refractivity contribution < 1.29 is 4.79 Å². The fraction of sp³-hybridized carbons (Fsp3) is 0.222. The van der Waals surface area contributed by atoms with Crippen molar-refractivity contribution >= 4 is 39.2 Å². The zero-order chi connectivity index (χ0) is 16.1. The Kier molecular flexibility index (Phi) is 5.31. The molecule has 0 spiro atoms. The van der Waals surface area contributed by atoms with Crippen LogP contribution < -0.4 is 4.80 Å². The zero-order valence-corrected chi connectivity index (χ0v) is 14.6. The minimum absolute atomic E-state index is 0.0697. The SMILES string of the molecule is CCn1c(=NC(=O)CSCc2ccccc2)sc2ccccc21. The average Bonchev–Trinajstić information content (AvgIpc) is 2.92. The molecule has 0 saturated carbocycles. The molecule has 23 heavy (non-hydrogen) atoms. The molecule has 5 heteroatoms. The number of hydrogen-bond acceptors (Lipinski definition) is 3. The number of benzene rings is 2. The van der Waals surface area contributed by atoms with E-state index < -0.39 is 0 Å². The summed E-state index contributed by atoms with van der Waals surface area (Å²) in [4.78, 5) is 17.3. The van der Waals surface area contributed by atoms with Crippen molar-refractivity contribution in [1.29, 1.82) is 0 Å². The topological polar surface area (TPSA) is 34.4 Å². The molecule has 1 aromatic heterocycles. The number of hydrogen-bond donors (Lipinski definition) is 0. The van der Waals surface area contributed by atoms with E-state index in [1.165, 1.54) is 5.56 Å². The van der Waals surface area contributed by atoms with Gasteiger partial charge in [-0.2, -0.15) is 4.99 Å². The third-order valence-electron chi connectivity index (χ3n) is 3.46. The van der Waals surface area contributed by atoms with Crippen molar-refractivity contribution in [2.24, 2.45) is 4.99 Å². The molecule has 0 aliphatic heterocycles. The first-order valence-corrected chi connectivity index (χ1v) is 9.52. The van der Waals surface area contributed by atoms with Gasteiger partial charge >= 0.3 is 0 Å². The van der Waals surface area contributed by atoms with Crippen LogP contribution >= 0.6 is 23.1 Å². The van der Waals surface area contributed by atoms with E-state index in [1.54, 1.807) is 23.1 Å². The van der Waals surface area contributed by atoms with Gasteiger partial charge in [-0.3, -0.25) is 4.79 Å². The van der Waals surface area contributed by atoms with E-state index in [0.717, 1.165) is 27.3 Å². The number of amides is 1. The Morgan fingerprint density at radius 3 is 2.65 bits per heavy atom. The summed E-state index contributed by atoms with van der Waals surface area (Å²) in [6, 6.07) is 18.4. The van der Waals surface area contributed by atoms with Crippen molar-refractivity contribution in [3.8, 4) is 0 Å². The molecule has 0 unspecified atom stereocenters. The van der Waals surface area contributed by atoms with Crippen LogP contribution in [0.4, 0.5) is 0 Å². The minimum atomic E-state index is -0.0697. The number of thioether (sulfide) groups is 1. The molecule has 0 radical (unpaired) electrons. The lowest BCUT2D eigenvalue weighted by Crippen LogP contribution is -2.16. The number of nitrogens with zero attached hydrogens (tertiary/aromatic N) is 2. The monoisotopic (exact) mass is 342 g/mol. The van der Waals surface area contributed by atoms with Gasteiger partial charge in [0.2, 0.25) is 0 Å². The third kappa shape index (κ3) is 3.92. The van der Waals surface area contributed by atoms with E-state index >= 15 is 0 Å². The first kappa shape index (κ1) is 16.0. The van der Waals surface area contributed by atoms with Crippen LogP contribution in [0.1, 0.15) is 12.5 Å². The lowest BCUT2D eigenvalue weighted by atomic mass is 10.2. The van der Waals surface area contributed by atoms with Crippen LogP contribution in [0.2, 0.25) is 0 Å². The molecule has 2 aromatic carbocycles. The number of fused-ring (bicyclic) bond motifs is 1. The Hall–Kier alpha value is -1.85. The van der Waals surface area contributed by atoms with Gasteiger partial charge in [-0.05, 0) is 24.6 Å². The third-order valence-corrected chi connectivity index (χ3v) is 5.51. The average molecular weight is 342 g/mol. The van der Waals surface area contributed by atoms with Crippen molar-refractivity contribution in [2.45, 2.75) is 19.2 Å². The second kappa shape index (κ2) is 7.62. The fourth-order valence-electron chi connectivity index (χ4n) is 2.38. The number of aromatic nitrogens is 1. The second-order valence-electron chi connectivity index (χ2n) is 5.08. The van der Waals surface area contributed by atoms with Gasteiger partial charge in [0.15, 0.2) is 4.80 Å². The number of rotatable bonds is 5. The molecule has 3 rings (SSSR count). The van der Waals surface area contributed by atoms with Crippen molar-refractivity contribution in [3.05, 3.63) is 65.0 Å². The van der Waals surface area contributed by atoms with Gasteiger partial charge < -0.3 is 4.57 Å². The molecule has 0 bridgehead atoms. The van der Waals surface area contributed by atoms with E-state index in [2.05, 4.69) is 40.7 Å². The molecular formula is C18H18N2OS2. The maximum Gasteiger partial charge on any atom is 0.258 e.